The largest absolute Gasteiger partial charge is 0.340 e. The van der Waals surface area contributed by atoms with Gasteiger partial charge in [-0.2, -0.15) is 0 Å². The number of likely N-dealkylation sites (tertiary alicyclic amines) is 1. The minimum absolute atomic E-state index is 0.0354. The van der Waals surface area contributed by atoms with Gasteiger partial charge in [-0.05, 0) is 11.4 Å². The molecule has 2 saturated heterocycles. The third-order valence-electron chi connectivity index (χ3n) is 4.39. The van der Waals surface area contributed by atoms with Crippen LogP contribution < -0.4 is 0 Å². The first-order valence-corrected chi connectivity index (χ1v) is 8.87. The molecule has 0 bridgehead atoms. The van der Waals surface area contributed by atoms with Crippen molar-refractivity contribution in [3.05, 3.63) is 22.4 Å². The summed E-state index contributed by atoms with van der Waals surface area (Å²) in [5.74, 6) is -0.264. The highest BCUT2D eigenvalue weighted by Crippen LogP contribution is 2.15. The maximum Gasteiger partial charge on any atom is 0.229 e. The predicted molar refractivity (Wildman–Crippen MR) is 86.7 cm³/mol. The van der Waals surface area contributed by atoms with E-state index in [0.717, 1.165) is 19.6 Å². The Kier molecular flexibility index (Phi) is 5.07. The van der Waals surface area contributed by atoms with E-state index in [9.17, 15) is 14.4 Å². The molecule has 124 valence electrons. The number of hydrogen-bond acceptors (Lipinski definition) is 5. The minimum atomic E-state index is -0.149. The summed E-state index contributed by atoms with van der Waals surface area (Å²) in [6, 6.07) is 4.19. The first-order valence-electron chi connectivity index (χ1n) is 7.99. The van der Waals surface area contributed by atoms with Crippen LogP contribution in [0.25, 0.3) is 0 Å². The van der Waals surface area contributed by atoms with Gasteiger partial charge in [0.05, 0.1) is 0 Å². The Morgan fingerprint density at radius 3 is 2.39 bits per heavy atom. The number of thiophene rings is 1. The van der Waals surface area contributed by atoms with Crippen LogP contribution in [0.1, 0.15) is 24.1 Å². The van der Waals surface area contributed by atoms with Crippen molar-refractivity contribution in [2.24, 2.45) is 0 Å². The normalized spacial score (nSPS) is 19.7. The molecule has 2 aliphatic rings. The summed E-state index contributed by atoms with van der Waals surface area (Å²) >= 11 is 1.75. The lowest BCUT2D eigenvalue weighted by molar-refractivity contribution is -0.139. The highest BCUT2D eigenvalue weighted by atomic mass is 32.1. The number of carbonyl (C=O) groups is 3. The van der Waals surface area contributed by atoms with Gasteiger partial charge in [0, 0.05) is 63.4 Å². The number of rotatable bonds is 5. The number of imide groups is 1. The van der Waals surface area contributed by atoms with E-state index in [-0.39, 0.29) is 43.5 Å². The van der Waals surface area contributed by atoms with Crippen molar-refractivity contribution < 1.29 is 14.4 Å². The Labute approximate surface area is 139 Å². The molecule has 0 saturated carbocycles. The van der Waals surface area contributed by atoms with Crippen LogP contribution in [0, 0.1) is 0 Å². The Morgan fingerprint density at radius 1 is 1.09 bits per heavy atom. The average molecular weight is 335 g/mol. The van der Waals surface area contributed by atoms with Crippen molar-refractivity contribution in [1.29, 1.82) is 0 Å². The maximum atomic E-state index is 12.3. The SMILES string of the molecule is O=C(CCN1C(=O)CCC1=O)N1CCN(Cc2cccs2)CC1. The van der Waals surface area contributed by atoms with Gasteiger partial charge >= 0.3 is 0 Å². The molecule has 7 heteroatoms. The van der Waals surface area contributed by atoms with Gasteiger partial charge in [-0.1, -0.05) is 6.07 Å². The van der Waals surface area contributed by atoms with Gasteiger partial charge in [0.2, 0.25) is 17.7 Å². The summed E-state index contributed by atoms with van der Waals surface area (Å²) in [5.41, 5.74) is 0. The van der Waals surface area contributed by atoms with Crippen LogP contribution in [-0.2, 0) is 20.9 Å². The molecule has 0 unspecified atom stereocenters. The standard InChI is InChI=1S/C16H21N3O3S/c20-14(5-6-19-15(21)3-4-16(19)22)18-9-7-17(8-10-18)12-13-2-1-11-23-13/h1-2,11H,3-10,12H2. The fourth-order valence-electron chi connectivity index (χ4n) is 3.02. The van der Waals surface area contributed by atoms with Gasteiger partial charge in [0.15, 0.2) is 0 Å². The Bertz CT molecular complexity index is 563. The molecule has 2 aliphatic heterocycles. The van der Waals surface area contributed by atoms with Crippen molar-refractivity contribution in [1.82, 2.24) is 14.7 Å². The third-order valence-corrected chi connectivity index (χ3v) is 5.25. The fraction of sp³-hybridized carbons (Fsp3) is 0.562. The number of piperazine rings is 1. The van der Waals surface area contributed by atoms with E-state index in [1.165, 1.54) is 9.78 Å². The zero-order chi connectivity index (χ0) is 16.2. The van der Waals surface area contributed by atoms with Gasteiger partial charge in [0.1, 0.15) is 0 Å². The van der Waals surface area contributed by atoms with Crippen molar-refractivity contribution in [2.45, 2.75) is 25.8 Å². The minimum Gasteiger partial charge on any atom is -0.340 e. The lowest BCUT2D eigenvalue weighted by Gasteiger charge is -2.34. The monoisotopic (exact) mass is 335 g/mol. The Balaban J connectivity index is 1.41. The van der Waals surface area contributed by atoms with Crippen LogP contribution in [0.15, 0.2) is 17.5 Å². The van der Waals surface area contributed by atoms with Gasteiger partial charge in [0.25, 0.3) is 0 Å². The molecule has 0 spiro atoms. The fourth-order valence-corrected chi connectivity index (χ4v) is 3.76. The number of nitrogens with zero attached hydrogens (tertiary/aromatic N) is 3. The van der Waals surface area contributed by atoms with Gasteiger partial charge in [-0.25, -0.2) is 0 Å². The second kappa shape index (κ2) is 7.23. The molecule has 0 aliphatic carbocycles. The van der Waals surface area contributed by atoms with Crippen LogP contribution in [0.4, 0.5) is 0 Å². The first kappa shape index (κ1) is 16.1. The van der Waals surface area contributed by atoms with E-state index in [0.29, 0.717) is 13.1 Å². The molecule has 1 aromatic rings. The summed E-state index contributed by atoms with van der Waals surface area (Å²) < 4.78 is 0. The molecule has 0 atom stereocenters. The summed E-state index contributed by atoms with van der Waals surface area (Å²) in [5, 5.41) is 2.08. The third kappa shape index (κ3) is 3.97. The van der Waals surface area contributed by atoms with Crippen LogP contribution in [0.5, 0.6) is 0 Å². The topological polar surface area (TPSA) is 60.9 Å². The van der Waals surface area contributed by atoms with Crippen molar-refractivity contribution >= 4 is 29.1 Å². The zero-order valence-corrected chi connectivity index (χ0v) is 13.9. The van der Waals surface area contributed by atoms with Crippen LogP contribution >= 0.6 is 11.3 Å². The summed E-state index contributed by atoms with van der Waals surface area (Å²) in [6.07, 6.45) is 0.811. The predicted octanol–water partition coefficient (Wildman–Crippen LogP) is 0.931. The Morgan fingerprint density at radius 2 is 1.78 bits per heavy atom. The van der Waals surface area contributed by atoms with Crippen molar-refractivity contribution in [3.8, 4) is 0 Å². The molecule has 3 amide bonds. The molecule has 6 nitrogen and oxygen atoms in total. The lowest BCUT2D eigenvalue weighted by atomic mass is 10.2. The summed E-state index contributed by atoms with van der Waals surface area (Å²) in [7, 11) is 0. The second-order valence-electron chi connectivity index (χ2n) is 5.93. The average Bonchev–Trinajstić information content (AvgIpc) is 3.17. The van der Waals surface area contributed by atoms with Crippen LogP contribution in [0.2, 0.25) is 0 Å². The molecule has 0 aromatic carbocycles. The molecule has 23 heavy (non-hydrogen) atoms. The van der Waals surface area contributed by atoms with Crippen molar-refractivity contribution in [2.75, 3.05) is 32.7 Å². The highest BCUT2D eigenvalue weighted by Gasteiger charge is 2.30. The van der Waals surface area contributed by atoms with Gasteiger partial charge < -0.3 is 4.90 Å². The van der Waals surface area contributed by atoms with E-state index < -0.39 is 0 Å². The van der Waals surface area contributed by atoms with Crippen molar-refractivity contribution in [3.63, 3.8) is 0 Å². The van der Waals surface area contributed by atoms with Crippen LogP contribution in [-0.4, -0.2) is 65.1 Å². The Hall–Kier alpha value is -1.73. The molecular formula is C16H21N3O3S. The van der Waals surface area contributed by atoms with E-state index in [1.54, 1.807) is 11.3 Å². The quantitative estimate of drug-likeness (QED) is 0.751. The summed E-state index contributed by atoms with van der Waals surface area (Å²) in [6.45, 7) is 4.33. The van der Waals surface area contributed by atoms with E-state index in [1.807, 2.05) is 4.90 Å². The van der Waals surface area contributed by atoms with Gasteiger partial charge in [-0.15, -0.1) is 11.3 Å². The molecule has 3 rings (SSSR count). The number of carbonyl (C=O) groups excluding carboxylic acids is 3. The van der Waals surface area contributed by atoms with E-state index >= 15 is 0 Å². The molecular weight excluding hydrogens is 314 g/mol. The van der Waals surface area contributed by atoms with E-state index in [2.05, 4.69) is 22.4 Å². The number of hydrogen-bond donors (Lipinski definition) is 0. The van der Waals surface area contributed by atoms with E-state index in [4.69, 9.17) is 0 Å². The number of amides is 3. The maximum absolute atomic E-state index is 12.3. The van der Waals surface area contributed by atoms with Crippen LogP contribution in [0.3, 0.4) is 0 Å². The molecule has 3 heterocycles. The molecule has 0 N–H and O–H groups in total. The molecule has 2 fully saturated rings. The smallest absolute Gasteiger partial charge is 0.229 e. The second-order valence-corrected chi connectivity index (χ2v) is 6.96. The lowest BCUT2D eigenvalue weighted by Crippen LogP contribution is -2.48. The van der Waals surface area contributed by atoms with Gasteiger partial charge in [-0.3, -0.25) is 24.2 Å². The first-order chi connectivity index (χ1) is 11.1. The summed E-state index contributed by atoms with van der Waals surface area (Å²) in [4.78, 5) is 42.1. The molecule has 0 radical (unpaired) electrons. The molecule has 1 aromatic heterocycles. The highest BCUT2D eigenvalue weighted by molar-refractivity contribution is 7.09. The zero-order valence-electron chi connectivity index (χ0n) is 13.1.